The smallest absolute Gasteiger partial charge is 0.213 e. The Bertz CT molecular complexity index is 808. The van der Waals surface area contributed by atoms with Gasteiger partial charge in [-0.2, -0.15) is 0 Å². The third-order valence-electron chi connectivity index (χ3n) is 5.06. The largest absolute Gasteiger partial charge is 0.474 e. The van der Waals surface area contributed by atoms with Crippen LogP contribution in [-0.2, 0) is 17.7 Å². The Labute approximate surface area is 183 Å². The van der Waals surface area contributed by atoms with Crippen molar-refractivity contribution in [2.45, 2.75) is 31.9 Å². The number of para-hydroxylation sites is 1. The van der Waals surface area contributed by atoms with Crippen LogP contribution in [0.4, 0.5) is 5.69 Å². The lowest BCUT2D eigenvalue weighted by molar-refractivity contribution is 0.0237. The summed E-state index contributed by atoms with van der Waals surface area (Å²) in [6, 6.07) is 12.5. The summed E-state index contributed by atoms with van der Waals surface area (Å²) in [5.41, 5.74) is 3.74. The molecule has 1 aromatic carbocycles. The zero-order chi connectivity index (χ0) is 18.5. The Balaban J connectivity index is 0.00000225. The molecule has 1 N–H and O–H groups in total. The summed E-state index contributed by atoms with van der Waals surface area (Å²) in [6.07, 6.45) is 4.90. The number of anilines is 1. The highest BCUT2D eigenvalue weighted by atomic mass is 127. The lowest BCUT2D eigenvalue weighted by atomic mass is 10.1. The summed E-state index contributed by atoms with van der Waals surface area (Å²) < 4.78 is 11.4. The predicted octanol–water partition coefficient (Wildman–Crippen LogP) is 3.40. The van der Waals surface area contributed by atoms with Gasteiger partial charge in [0, 0.05) is 50.9 Å². The van der Waals surface area contributed by atoms with E-state index >= 15 is 0 Å². The van der Waals surface area contributed by atoms with Crippen molar-refractivity contribution < 1.29 is 9.47 Å². The number of pyridine rings is 1. The molecule has 150 valence electrons. The number of aromatic nitrogens is 1. The van der Waals surface area contributed by atoms with Gasteiger partial charge in [-0.25, -0.2) is 4.98 Å². The van der Waals surface area contributed by atoms with Crippen LogP contribution in [0.5, 0.6) is 5.88 Å². The summed E-state index contributed by atoms with van der Waals surface area (Å²) in [5.74, 6) is 1.58. The molecule has 0 unspecified atom stereocenters. The Morgan fingerprint density at radius 3 is 2.93 bits per heavy atom. The zero-order valence-corrected chi connectivity index (χ0v) is 18.5. The SMILES string of the molecule is CN=C(NCc1ccnc(OC2CCOCC2)c1)N1CCc2ccccc21.I. The maximum Gasteiger partial charge on any atom is 0.213 e. The molecule has 0 radical (unpaired) electrons. The summed E-state index contributed by atoms with van der Waals surface area (Å²) in [7, 11) is 1.83. The van der Waals surface area contributed by atoms with Crippen molar-refractivity contribution in [1.82, 2.24) is 10.3 Å². The van der Waals surface area contributed by atoms with E-state index in [0.717, 1.165) is 50.5 Å². The van der Waals surface area contributed by atoms with Gasteiger partial charge in [-0.3, -0.25) is 4.99 Å². The van der Waals surface area contributed by atoms with Gasteiger partial charge in [-0.1, -0.05) is 18.2 Å². The summed E-state index contributed by atoms with van der Waals surface area (Å²) in [5, 5.41) is 3.47. The fraction of sp³-hybridized carbons (Fsp3) is 0.429. The van der Waals surface area contributed by atoms with E-state index in [4.69, 9.17) is 9.47 Å². The minimum absolute atomic E-state index is 0. The number of hydrogen-bond donors (Lipinski definition) is 1. The summed E-state index contributed by atoms with van der Waals surface area (Å²) in [4.78, 5) is 11.1. The molecule has 0 spiro atoms. The van der Waals surface area contributed by atoms with E-state index in [1.165, 1.54) is 11.3 Å². The van der Waals surface area contributed by atoms with Gasteiger partial charge in [0.1, 0.15) is 6.10 Å². The molecule has 1 fully saturated rings. The number of guanidine groups is 1. The van der Waals surface area contributed by atoms with E-state index in [1.807, 2.05) is 19.2 Å². The lowest BCUT2D eigenvalue weighted by Crippen LogP contribution is -2.40. The van der Waals surface area contributed by atoms with Crippen LogP contribution in [0.25, 0.3) is 0 Å². The molecule has 0 aliphatic carbocycles. The zero-order valence-electron chi connectivity index (χ0n) is 16.1. The van der Waals surface area contributed by atoms with Crippen LogP contribution in [0.15, 0.2) is 47.6 Å². The average molecular weight is 494 g/mol. The monoisotopic (exact) mass is 494 g/mol. The predicted molar refractivity (Wildman–Crippen MR) is 122 cm³/mol. The summed E-state index contributed by atoms with van der Waals surface area (Å²) >= 11 is 0. The highest BCUT2D eigenvalue weighted by molar-refractivity contribution is 14.0. The molecular weight excluding hydrogens is 467 g/mol. The number of nitrogens with one attached hydrogen (secondary N) is 1. The number of rotatable bonds is 4. The molecular formula is C21H27IN4O2. The van der Waals surface area contributed by atoms with Crippen molar-refractivity contribution in [2.24, 2.45) is 4.99 Å². The molecule has 2 aromatic rings. The number of nitrogens with zero attached hydrogens (tertiary/aromatic N) is 3. The molecule has 0 amide bonds. The Hall–Kier alpha value is -1.87. The molecule has 7 heteroatoms. The van der Waals surface area contributed by atoms with Gasteiger partial charge >= 0.3 is 0 Å². The van der Waals surface area contributed by atoms with Crippen LogP contribution in [0.1, 0.15) is 24.0 Å². The van der Waals surface area contributed by atoms with Gasteiger partial charge in [0.05, 0.1) is 13.2 Å². The Morgan fingerprint density at radius 1 is 1.29 bits per heavy atom. The standard InChI is InChI=1S/C21H26N4O2.HI/c1-22-21(25-11-7-17-4-2-3-5-19(17)25)24-15-16-6-10-23-20(14-16)27-18-8-12-26-13-9-18;/h2-6,10,14,18H,7-9,11-13,15H2,1H3,(H,22,24);1H. The van der Waals surface area contributed by atoms with Crippen LogP contribution < -0.4 is 15.0 Å². The van der Waals surface area contributed by atoms with E-state index in [-0.39, 0.29) is 30.1 Å². The van der Waals surface area contributed by atoms with Crippen molar-refractivity contribution in [3.8, 4) is 5.88 Å². The quantitative estimate of drug-likeness (QED) is 0.401. The second-order valence-corrected chi connectivity index (χ2v) is 6.86. The number of halogens is 1. The molecule has 1 aromatic heterocycles. The molecule has 1 saturated heterocycles. The van der Waals surface area contributed by atoms with Crippen LogP contribution >= 0.6 is 24.0 Å². The topological polar surface area (TPSA) is 59.0 Å². The number of ether oxygens (including phenoxy) is 2. The van der Waals surface area contributed by atoms with Gasteiger partial charge in [-0.05, 0) is 29.7 Å². The number of benzene rings is 1. The highest BCUT2D eigenvalue weighted by Gasteiger charge is 2.22. The fourth-order valence-corrected chi connectivity index (χ4v) is 3.62. The Morgan fingerprint density at radius 2 is 2.11 bits per heavy atom. The molecule has 2 aliphatic rings. The van der Waals surface area contributed by atoms with Crippen LogP contribution in [-0.4, -0.2) is 43.9 Å². The van der Waals surface area contributed by atoms with Gasteiger partial charge < -0.3 is 19.7 Å². The minimum atomic E-state index is 0. The molecule has 0 saturated carbocycles. The lowest BCUT2D eigenvalue weighted by Gasteiger charge is -2.23. The van der Waals surface area contributed by atoms with Crippen molar-refractivity contribution >= 4 is 35.6 Å². The first-order chi connectivity index (χ1) is 13.3. The van der Waals surface area contributed by atoms with Crippen LogP contribution in [0.3, 0.4) is 0 Å². The molecule has 0 bridgehead atoms. The second kappa shape index (κ2) is 10.1. The van der Waals surface area contributed by atoms with Gasteiger partial charge in [0.2, 0.25) is 5.88 Å². The number of aliphatic imine (C=N–C) groups is 1. The van der Waals surface area contributed by atoms with E-state index in [0.29, 0.717) is 12.4 Å². The van der Waals surface area contributed by atoms with Crippen LogP contribution in [0, 0.1) is 0 Å². The van der Waals surface area contributed by atoms with Crippen LogP contribution in [0.2, 0.25) is 0 Å². The van der Waals surface area contributed by atoms with Gasteiger partial charge in [0.15, 0.2) is 5.96 Å². The molecule has 4 rings (SSSR count). The van der Waals surface area contributed by atoms with Crippen molar-refractivity contribution in [1.29, 1.82) is 0 Å². The fourth-order valence-electron chi connectivity index (χ4n) is 3.62. The maximum atomic E-state index is 6.02. The Kier molecular flexibility index (Phi) is 7.50. The van der Waals surface area contributed by atoms with E-state index in [1.54, 1.807) is 6.20 Å². The van der Waals surface area contributed by atoms with Gasteiger partial charge in [-0.15, -0.1) is 24.0 Å². The number of hydrogen-bond acceptors (Lipinski definition) is 4. The first-order valence-corrected chi connectivity index (χ1v) is 9.59. The van der Waals surface area contributed by atoms with Crippen molar-refractivity contribution in [3.63, 3.8) is 0 Å². The first-order valence-electron chi connectivity index (χ1n) is 9.59. The third kappa shape index (κ3) is 4.94. The average Bonchev–Trinajstić information content (AvgIpc) is 3.14. The normalized spacial score (nSPS) is 17.0. The highest BCUT2D eigenvalue weighted by Crippen LogP contribution is 2.27. The molecule has 3 heterocycles. The van der Waals surface area contributed by atoms with Crippen molar-refractivity contribution in [3.05, 3.63) is 53.7 Å². The minimum Gasteiger partial charge on any atom is -0.474 e. The van der Waals surface area contributed by atoms with Gasteiger partial charge in [0.25, 0.3) is 0 Å². The molecule has 0 atom stereocenters. The van der Waals surface area contributed by atoms with E-state index < -0.39 is 0 Å². The molecule has 2 aliphatic heterocycles. The maximum absolute atomic E-state index is 6.02. The third-order valence-corrected chi connectivity index (χ3v) is 5.06. The van der Waals surface area contributed by atoms with Crippen molar-refractivity contribution in [2.75, 3.05) is 31.7 Å². The second-order valence-electron chi connectivity index (χ2n) is 6.86. The molecule has 6 nitrogen and oxygen atoms in total. The first kappa shape index (κ1) is 20.9. The summed E-state index contributed by atoms with van der Waals surface area (Å²) in [6.45, 7) is 3.16. The van der Waals surface area contributed by atoms with E-state index in [9.17, 15) is 0 Å². The number of fused-ring (bicyclic) bond motifs is 1. The van der Waals surface area contributed by atoms with E-state index in [2.05, 4.69) is 44.5 Å². The molecule has 28 heavy (non-hydrogen) atoms.